The zero-order valence-corrected chi connectivity index (χ0v) is 20.9. The molecule has 0 spiro atoms. The zero-order chi connectivity index (χ0) is 25.3. The van der Waals surface area contributed by atoms with Gasteiger partial charge in [-0.05, 0) is 72.1 Å². The summed E-state index contributed by atoms with van der Waals surface area (Å²) in [5, 5.41) is 6.83. The van der Waals surface area contributed by atoms with Gasteiger partial charge >= 0.3 is 0 Å². The number of nitrogens with one attached hydrogen (secondary N) is 1. The average Bonchev–Trinajstić information content (AvgIpc) is 2.89. The molecule has 0 aliphatic heterocycles. The third kappa shape index (κ3) is 6.15. The van der Waals surface area contributed by atoms with E-state index in [1.165, 1.54) is 6.21 Å². The highest BCUT2D eigenvalue weighted by atomic mass is 35.5. The van der Waals surface area contributed by atoms with Crippen molar-refractivity contribution in [1.29, 1.82) is 0 Å². The van der Waals surface area contributed by atoms with Crippen LogP contribution in [0.3, 0.4) is 0 Å². The predicted molar refractivity (Wildman–Crippen MR) is 144 cm³/mol. The summed E-state index contributed by atoms with van der Waals surface area (Å²) in [6.45, 7) is 5.13. The van der Waals surface area contributed by atoms with Gasteiger partial charge in [0.15, 0.2) is 11.5 Å². The Kier molecular flexibility index (Phi) is 8.42. The third-order valence-corrected chi connectivity index (χ3v) is 5.70. The zero-order valence-electron chi connectivity index (χ0n) is 20.2. The van der Waals surface area contributed by atoms with E-state index in [4.69, 9.17) is 25.8 Å². The molecule has 1 amide bonds. The molecule has 0 aliphatic rings. The highest BCUT2D eigenvalue weighted by molar-refractivity contribution is 6.32. The highest BCUT2D eigenvalue weighted by Gasteiger charge is 2.11. The monoisotopic (exact) mass is 502 g/mol. The van der Waals surface area contributed by atoms with Crippen LogP contribution in [0.5, 0.6) is 17.2 Å². The van der Waals surface area contributed by atoms with Crippen LogP contribution in [0.2, 0.25) is 5.02 Å². The molecule has 0 aliphatic carbocycles. The largest absolute Gasteiger partial charge is 0.490 e. The standard InChI is InChI=1S/C29H27ClN2O4/c1-3-34-27-15-13-22(17-28(27)35-4-2)29(33)32-31-18-20-12-14-26(25(30)16-20)36-19-23-10-7-9-21-8-5-6-11-24(21)23/h5-18H,3-4,19H2,1-2H3,(H,32,33)/b31-18+. The summed E-state index contributed by atoms with van der Waals surface area (Å²) in [4.78, 5) is 12.5. The summed E-state index contributed by atoms with van der Waals surface area (Å²) in [5.41, 5.74) is 4.74. The Hall–Kier alpha value is -4.03. The van der Waals surface area contributed by atoms with Crippen molar-refractivity contribution < 1.29 is 19.0 Å². The number of hydrogen-bond acceptors (Lipinski definition) is 5. The molecule has 0 aromatic heterocycles. The van der Waals surface area contributed by atoms with Crippen LogP contribution < -0.4 is 19.6 Å². The number of carbonyl (C=O) groups excluding carboxylic acids is 1. The van der Waals surface area contributed by atoms with Crippen LogP contribution in [0.15, 0.2) is 84.0 Å². The Morgan fingerprint density at radius 1 is 0.861 bits per heavy atom. The lowest BCUT2D eigenvalue weighted by atomic mass is 10.1. The lowest BCUT2D eigenvalue weighted by molar-refractivity contribution is 0.0954. The minimum Gasteiger partial charge on any atom is -0.490 e. The molecule has 0 saturated heterocycles. The van der Waals surface area contributed by atoms with Gasteiger partial charge in [0, 0.05) is 5.56 Å². The van der Waals surface area contributed by atoms with Gasteiger partial charge in [0.05, 0.1) is 24.5 Å². The van der Waals surface area contributed by atoms with Crippen molar-refractivity contribution in [2.24, 2.45) is 5.10 Å². The molecular weight excluding hydrogens is 476 g/mol. The molecule has 0 bridgehead atoms. The lowest BCUT2D eigenvalue weighted by Crippen LogP contribution is -2.17. The molecule has 6 nitrogen and oxygen atoms in total. The lowest BCUT2D eigenvalue weighted by Gasteiger charge is -2.12. The molecule has 0 radical (unpaired) electrons. The summed E-state index contributed by atoms with van der Waals surface area (Å²) in [5.74, 6) is 1.32. The van der Waals surface area contributed by atoms with E-state index >= 15 is 0 Å². The second-order valence-electron chi connectivity index (χ2n) is 7.84. The van der Waals surface area contributed by atoms with E-state index in [9.17, 15) is 4.79 Å². The molecule has 0 fully saturated rings. The van der Waals surface area contributed by atoms with E-state index in [2.05, 4.69) is 28.7 Å². The smallest absolute Gasteiger partial charge is 0.271 e. The number of fused-ring (bicyclic) bond motifs is 1. The van der Waals surface area contributed by atoms with Crippen molar-refractivity contribution in [3.8, 4) is 17.2 Å². The second-order valence-corrected chi connectivity index (χ2v) is 8.25. The van der Waals surface area contributed by atoms with Crippen LogP contribution in [0, 0.1) is 0 Å². The molecule has 0 unspecified atom stereocenters. The van der Waals surface area contributed by atoms with Gasteiger partial charge in [-0.15, -0.1) is 0 Å². The number of nitrogens with zero attached hydrogens (tertiary/aromatic N) is 1. The van der Waals surface area contributed by atoms with Crippen molar-refractivity contribution in [2.45, 2.75) is 20.5 Å². The van der Waals surface area contributed by atoms with E-state index in [1.54, 1.807) is 30.3 Å². The number of hydrazone groups is 1. The van der Waals surface area contributed by atoms with E-state index in [1.807, 2.05) is 44.2 Å². The average molecular weight is 503 g/mol. The van der Waals surface area contributed by atoms with Gasteiger partial charge < -0.3 is 14.2 Å². The molecule has 36 heavy (non-hydrogen) atoms. The van der Waals surface area contributed by atoms with Gasteiger partial charge in [-0.1, -0.05) is 54.1 Å². The normalized spacial score (nSPS) is 11.0. The minimum atomic E-state index is -0.364. The van der Waals surface area contributed by atoms with Crippen molar-refractivity contribution in [3.63, 3.8) is 0 Å². The Labute approximate surface area is 215 Å². The summed E-state index contributed by atoms with van der Waals surface area (Å²) >= 11 is 6.44. The maximum Gasteiger partial charge on any atom is 0.271 e. The molecule has 184 valence electrons. The fraction of sp³-hybridized carbons (Fsp3) is 0.172. The van der Waals surface area contributed by atoms with Gasteiger partial charge in [-0.2, -0.15) is 5.10 Å². The fourth-order valence-corrected chi connectivity index (χ4v) is 3.95. The summed E-state index contributed by atoms with van der Waals surface area (Å²) in [7, 11) is 0. The van der Waals surface area contributed by atoms with Crippen LogP contribution in [-0.2, 0) is 6.61 Å². The maximum atomic E-state index is 12.5. The van der Waals surface area contributed by atoms with Crippen molar-refractivity contribution in [2.75, 3.05) is 13.2 Å². The Balaban J connectivity index is 1.38. The molecule has 1 N–H and O–H groups in total. The topological polar surface area (TPSA) is 69.2 Å². The van der Waals surface area contributed by atoms with Crippen molar-refractivity contribution in [3.05, 3.63) is 101 Å². The van der Waals surface area contributed by atoms with Crippen molar-refractivity contribution >= 4 is 34.5 Å². The molecule has 4 rings (SSSR count). The third-order valence-electron chi connectivity index (χ3n) is 5.40. The minimum absolute atomic E-state index is 0.364. The van der Waals surface area contributed by atoms with Gasteiger partial charge in [0.1, 0.15) is 12.4 Å². The number of amides is 1. The summed E-state index contributed by atoms with van der Waals surface area (Å²) < 4.78 is 17.1. The molecular formula is C29H27ClN2O4. The number of hydrogen-bond donors (Lipinski definition) is 1. The van der Waals surface area contributed by atoms with Crippen LogP contribution >= 0.6 is 11.6 Å². The van der Waals surface area contributed by atoms with Gasteiger partial charge in [-0.3, -0.25) is 4.79 Å². The first kappa shape index (κ1) is 25.1. The molecule has 0 heterocycles. The SMILES string of the molecule is CCOc1ccc(C(=O)N/N=C/c2ccc(OCc3cccc4ccccc34)c(Cl)c2)cc1OCC. The predicted octanol–water partition coefficient (Wildman–Crippen LogP) is 6.63. The van der Waals surface area contributed by atoms with Crippen LogP contribution in [0.25, 0.3) is 10.8 Å². The van der Waals surface area contributed by atoms with Gasteiger partial charge in [-0.25, -0.2) is 5.43 Å². The molecule has 0 atom stereocenters. The van der Waals surface area contributed by atoms with E-state index in [0.717, 1.165) is 21.9 Å². The number of rotatable bonds is 10. The van der Waals surface area contributed by atoms with E-state index < -0.39 is 0 Å². The van der Waals surface area contributed by atoms with Crippen LogP contribution in [0.1, 0.15) is 35.3 Å². The Morgan fingerprint density at radius 3 is 2.42 bits per heavy atom. The maximum absolute atomic E-state index is 12.5. The van der Waals surface area contributed by atoms with Crippen LogP contribution in [-0.4, -0.2) is 25.3 Å². The Bertz CT molecular complexity index is 1380. The van der Waals surface area contributed by atoms with E-state index in [-0.39, 0.29) is 5.91 Å². The number of ether oxygens (including phenoxy) is 3. The van der Waals surface area contributed by atoms with Crippen molar-refractivity contribution in [1.82, 2.24) is 5.43 Å². The van der Waals surface area contributed by atoms with Gasteiger partial charge in [0.25, 0.3) is 5.91 Å². The summed E-state index contributed by atoms with van der Waals surface area (Å²) in [6, 6.07) is 24.7. The summed E-state index contributed by atoms with van der Waals surface area (Å²) in [6.07, 6.45) is 1.52. The Morgan fingerprint density at radius 2 is 1.61 bits per heavy atom. The van der Waals surface area contributed by atoms with Gasteiger partial charge in [0.2, 0.25) is 0 Å². The van der Waals surface area contributed by atoms with Crippen LogP contribution in [0.4, 0.5) is 0 Å². The number of halogens is 1. The molecule has 0 saturated carbocycles. The molecule has 4 aromatic rings. The number of benzene rings is 4. The number of carbonyl (C=O) groups is 1. The van der Waals surface area contributed by atoms with E-state index in [0.29, 0.717) is 47.7 Å². The molecule has 7 heteroatoms. The quantitative estimate of drug-likeness (QED) is 0.195. The first-order chi connectivity index (χ1) is 17.6. The fourth-order valence-electron chi connectivity index (χ4n) is 3.71. The first-order valence-corrected chi connectivity index (χ1v) is 12.1. The molecule has 4 aromatic carbocycles. The second kappa shape index (κ2) is 12.1. The first-order valence-electron chi connectivity index (χ1n) is 11.7. The highest BCUT2D eigenvalue weighted by Crippen LogP contribution is 2.29.